The topological polar surface area (TPSA) is 112 Å². The maximum atomic E-state index is 10.5. The maximum Gasteiger partial charge on any atom is 1.00 e. The van der Waals surface area contributed by atoms with Crippen LogP contribution in [0.15, 0.2) is 0 Å². The molecule has 0 aromatic heterocycles. The van der Waals surface area contributed by atoms with E-state index in [2.05, 4.69) is 0 Å². The van der Waals surface area contributed by atoms with Crippen LogP contribution >= 0.6 is 21.6 Å². The van der Waals surface area contributed by atoms with Crippen LogP contribution in [0.1, 0.15) is 1.43 Å². The number of hydrogen-bond acceptors (Lipinski definition) is 7. The van der Waals surface area contributed by atoms with Crippen LogP contribution in [-0.4, -0.2) is 62.5 Å². The Bertz CT molecular complexity index is 376. The summed E-state index contributed by atoms with van der Waals surface area (Å²) in [6.07, 6.45) is 0. The van der Waals surface area contributed by atoms with Crippen molar-refractivity contribution >= 4 is 39.9 Å². The second-order valence-electron chi connectivity index (χ2n) is 3.04. The second-order valence-corrected chi connectivity index (χ2v) is 9.83. The van der Waals surface area contributed by atoms with Crippen LogP contribution < -0.4 is 29.6 Å². The molecule has 0 aliphatic heterocycles. The molecular weight excluding hydrogens is 321 g/mol. The molecule has 2 N–H and O–H groups in total. The van der Waals surface area contributed by atoms with Crippen LogP contribution in [0.5, 0.6) is 0 Å². The Hall–Kier alpha value is 1.48. The summed E-state index contributed by atoms with van der Waals surface area (Å²) in [5.41, 5.74) is 0. The average Bonchev–Trinajstić information content (AvgIpc) is 1.98. The Morgan fingerprint density at radius 1 is 1.06 bits per heavy atom. The van der Waals surface area contributed by atoms with Crippen LogP contribution in [0.2, 0.25) is 0 Å². The van der Waals surface area contributed by atoms with Crippen molar-refractivity contribution in [3.63, 3.8) is 0 Å². The standard InChI is InChI=1S/C5H13NO6S4.Na.H/c1-6(2)5(3-13-15(7,8)9)4-14-16(10,11)12;;/h5H,3-4H2,1-2H3,(H,7,8,9)(H,10,11,12);;/q;+1;-1. The first-order valence-corrected chi connectivity index (χ1v) is 9.80. The molecule has 0 atom stereocenters. The van der Waals surface area contributed by atoms with Gasteiger partial charge in [-0.2, -0.15) is 16.8 Å². The first-order valence-electron chi connectivity index (χ1n) is 3.91. The van der Waals surface area contributed by atoms with Crippen molar-refractivity contribution in [1.29, 1.82) is 0 Å². The Morgan fingerprint density at radius 3 is 1.53 bits per heavy atom. The van der Waals surface area contributed by atoms with Gasteiger partial charge in [-0.1, -0.05) is 0 Å². The van der Waals surface area contributed by atoms with E-state index >= 15 is 0 Å². The van der Waals surface area contributed by atoms with Gasteiger partial charge in [0.25, 0.3) is 0 Å². The summed E-state index contributed by atoms with van der Waals surface area (Å²) in [4.78, 5) is 1.61. The molecule has 0 aromatic carbocycles. The molecule has 0 saturated heterocycles. The van der Waals surface area contributed by atoms with Gasteiger partial charge in [0.1, 0.15) is 0 Å². The predicted octanol–water partition coefficient (Wildman–Crippen LogP) is -2.89. The summed E-state index contributed by atoms with van der Waals surface area (Å²) < 4.78 is 59.0. The van der Waals surface area contributed by atoms with Crippen LogP contribution in [0, 0.1) is 0 Å². The fraction of sp³-hybridized carbons (Fsp3) is 1.00. The number of nitrogens with zero attached hydrogens (tertiary/aromatic N) is 1. The Labute approximate surface area is 132 Å². The van der Waals surface area contributed by atoms with E-state index in [4.69, 9.17) is 9.11 Å². The minimum absolute atomic E-state index is 0. The third kappa shape index (κ3) is 13.7. The first-order chi connectivity index (χ1) is 7.01. The maximum absolute atomic E-state index is 10.5. The third-order valence-corrected chi connectivity index (χ3v) is 5.79. The molecule has 0 spiro atoms. The molecular formula is C5H14NNaO6S4. The van der Waals surface area contributed by atoms with E-state index < -0.39 is 24.3 Å². The van der Waals surface area contributed by atoms with Gasteiger partial charge in [-0.25, -0.2) is 0 Å². The smallest absolute Gasteiger partial charge is 1.00 e. The van der Waals surface area contributed by atoms with E-state index in [1.54, 1.807) is 19.0 Å². The van der Waals surface area contributed by atoms with Gasteiger partial charge in [-0.3, -0.25) is 9.11 Å². The SMILES string of the molecule is CN(C)C(CSS(=O)(=O)O)CSS(=O)(=O)O.[H-].[Na+]. The number of rotatable bonds is 7. The van der Waals surface area contributed by atoms with Crippen molar-refractivity contribution in [2.24, 2.45) is 0 Å². The first kappa shape index (κ1) is 20.8. The van der Waals surface area contributed by atoms with E-state index in [0.29, 0.717) is 21.6 Å². The molecule has 0 rings (SSSR count). The van der Waals surface area contributed by atoms with Gasteiger partial charge in [-0.15, -0.1) is 0 Å². The molecule has 0 unspecified atom stereocenters. The molecule has 0 aromatic rings. The Morgan fingerprint density at radius 2 is 1.35 bits per heavy atom. The zero-order valence-corrected chi connectivity index (χ0v) is 14.9. The van der Waals surface area contributed by atoms with Crippen LogP contribution in [0.4, 0.5) is 0 Å². The summed E-state index contributed by atoms with van der Waals surface area (Å²) >= 11 is 0. The molecule has 7 nitrogen and oxygen atoms in total. The Kier molecular flexibility index (Phi) is 10.5. The molecule has 0 bridgehead atoms. The fourth-order valence-electron chi connectivity index (χ4n) is 0.675. The van der Waals surface area contributed by atoms with E-state index in [1.807, 2.05) is 0 Å². The zero-order chi connectivity index (χ0) is 13.0. The Balaban J connectivity index is -0.00000112. The number of hydrogen-bond donors (Lipinski definition) is 2. The third-order valence-electron chi connectivity index (χ3n) is 1.55. The summed E-state index contributed by atoms with van der Waals surface area (Å²) in [6.45, 7) is 0. The van der Waals surface area contributed by atoms with Gasteiger partial charge < -0.3 is 6.33 Å². The van der Waals surface area contributed by atoms with Crippen molar-refractivity contribution in [1.82, 2.24) is 4.90 Å². The van der Waals surface area contributed by atoms with Gasteiger partial charge in [0.2, 0.25) is 0 Å². The van der Waals surface area contributed by atoms with E-state index in [9.17, 15) is 16.8 Å². The van der Waals surface area contributed by atoms with Crippen molar-refractivity contribution in [3.05, 3.63) is 0 Å². The van der Waals surface area contributed by atoms with Crippen LogP contribution in [0.3, 0.4) is 0 Å². The van der Waals surface area contributed by atoms with Crippen LogP contribution in [-0.2, 0) is 18.3 Å². The molecule has 100 valence electrons. The molecule has 0 aliphatic carbocycles. The molecule has 0 aliphatic rings. The van der Waals surface area contributed by atoms with E-state index in [1.165, 1.54) is 0 Å². The molecule has 0 amide bonds. The molecule has 0 fully saturated rings. The van der Waals surface area contributed by atoms with E-state index in [-0.39, 0.29) is 42.5 Å². The quantitative estimate of drug-likeness (QED) is 0.287. The van der Waals surface area contributed by atoms with Crippen molar-refractivity contribution in [3.8, 4) is 0 Å². The molecule has 12 heteroatoms. The second kappa shape index (κ2) is 8.61. The van der Waals surface area contributed by atoms with Crippen molar-refractivity contribution in [2.75, 3.05) is 25.6 Å². The molecule has 17 heavy (non-hydrogen) atoms. The van der Waals surface area contributed by atoms with Gasteiger partial charge >= 0.3 is 47.9 Å². The largest absolute Gasteiger partial charge is 1.00 e. The summed E-state index contributed by atoms with van der Waals surface area (Å²) in [6, 6.07) is -0.404. The normalized spacial score (nSPS) is 12.8. The summed E-state index contributed by atoms with van der Waals surface area (Å²) in [7, 11) is -4.36. The summed E-state index contributed by atoms with van der Waals surface area (Å²) in [5.74, 6) is 0.0166. The fourth-order valence-corrected chi connectivity index (χ4v) is 4.29. The van der Waals surface area contributed by atoms with Crippen molar-refractivity contribution < 1.29 is 56.9 Å². The van der Waals surface area contributed by atoms with Gasteiger partial charge in [0.15, 0.2) is 0 Å². The van der Waals surface area contributed by atoms with Crippen molar-refractivity contribution in [2.45, 2.75) is 6.04 Å². The monoisotopic (exact) mass is 335 g/mol. The minimum atomic E-state index is -4.14. The van der Waals surface area contributed by atoms with Gasteiger partial charge in [-0.05, 0) is 35.7 Å². The molecule has 0 heterocycles. The van der Waals surface area contributed by atoms with E-state index in [0.717, 1.165) is 0 Å². The van der Waals surface area contributed by atoms with Gasteiger partial charge in [0.05, 0.1) is 0 Å². The average molecular weight is 335 g/mol. The molecule has 0 radical (unpaired) electrons. The zero-order valence-electron chi connectivity index (χ0n) is 10.6. The molecule has 0 saturated carbocycles. The predicted molar refractivity (Wildman–Crippen MR) is 66.6 cm³/mol. The summed E-state index contributed by atoms with van der Waals surface area (Å²) in [5, 5.41) is 0. The minimum Gasteiger partial charge on any atom is -1.00 e. The van der Waals surface area contributed by atoms with Crippen LogP contribution in [0.25, 0.3) is 0 Å². The van der Waals surface area contributed by atoms with Gasteiger partial charge in [0, 0.05) is 17.5 Å².